The van der Waals surface area contributed by atoms with Gasteiger partial charge in [0, 0.05) is 44.0 Å². The lowest BCUT2D eigenvalue weighted by molar-refractivity contribution is -0.123. The quantitative estimate of drug-likeness (QED) is 0.536. The summed E-state index contributed by atoms with van der Waals surface area (Å²) in [5.41, 5.74) is 2.33. The van der Waals surface area contributed by atoms with E-state index in [1.54, 1.807) is 36.2 Å². The number of carbonyl (C=O) groups is 2. The molecule has 0 saturated carbocycles. The number of carbonyl (C=O) groups excluding carboxylic acids is 2. The summed E-state index contributed by atoms with van der Waals surface area (Å²) in [6.45, 7) is 5.56. The molecular weight excluding hydrogens is 442 g/mol. The van der Waals surface area contributed by atoms with Gasteiger partial charge >= 0.3 is 0 Å². The molecule has 2 aromatic carbocycles. The molecule has 1 atom stereocenters. The number of benzene rings is 2. The number of hydrogen-bond donors (Lipinski definition) is 2. The van der Waals surface area contributed by atoms with E-state index in [-0.39, 0.29) is 18.4 Å². The number of aromatic nitrogens is 2. The number of anilines is 2. The zero-order valence-electron chi connectivity index (χ0n) is 21.1. The van der Waals surface area contributed by atoms with Crippen molar-refractivity contribution >= 4 is 23.5 Å². The Morgan fingerprint density at radius 3 is 2.34 bits per heavy atom. The van der Waals surface area contributed by atoms with Crippen molar-refractivity contribution in [2.45, 2.75) is 26.9 Å². The van der Waals surface area contributed by atoms with Crippen molar-refractivity contribution in [3.8, 4) is 11.3 Å². The van der Waals surface area contributed by atoms with E-state index in [4.69, 9.17) is 0 Å². The molecule has 0 bridgehead atoms. The van der Waals surface area contributed by atoms with Crippen molar-refractivity contribution in [3.05, 3.63) is 71.9 Å². The van der Waals surface area contributed by atoms with Gasteiger partial charge in [0.15, 0.2) is 0 Å². The van der Waals surface area contributed by atoms with E-state index in [1.807, 2.05) is 65.2 Å². The summed E-state index contributed by atoms with van der Waals surface area (Å²) in [4.78, 5) is 37.8. The highest BCUT2D eigenvalue weighted by Gasteiger charge is 2.24. The molecule has 0 aliphatic carbocycles. The van der Waals surface area contributed by atoms with Crippen LogP contribution in [0.4, 0.5) is 11.6 Å². The molecular formula is C27H33N5O3. The lowest BCUT2D eigenvalue weighted by Crippen LogP contribution is -2.32. The Balaban J connectivity index is 1.81. The summed E-state index contributed by atoms with van der Waals surface area (Å²) in [7, 11) is 5.31. The molecule has 0 spiro atoms. The number of rotatable bonds is 7. The van der Waals surface area contributed by atoms with Crippen LogP contribution in [0.5, 0.6) is 0 Å². The predicted molar refractivity (Wildman–Crippen MR) is 138 cm³/mol. The van der Waals surface area contributed by atoms with Gasteiger partial charge in [0.2, 0.25) is 11.9 Å². The second-order valence-electron chi connectivity index (χ2n) is 9.72. The van der Waals surface area contributed by atoms with Gasteiger partial charge in [0.05, 0.1) is 23.9 Å². The summed E-state index contributed by atoms with van der Waals surface area (Å²) >= 11 is 0. The van der Waals surface area contributed by atoms with E-state index in [0.29, 0.717) is 28.5 Å². The van der Waals surface area contributed by atoms with Gasteiger partial charge < -0.3 is 20.2 Å². The molecule has 0 saturated heterocycles. The number of aliphatic hydroxyl groups excluding tert-OH is 1. The Bertz CT molecular complexity index is 1190. The van der Waals surface area contributed by atoms with Crippen molar-refractivity contribution < 1.29 is 14.7 Å². The van der Waals surface area contributed by atoms with Crippen LogP contribution in [0.15, 0.2) is 60.8 Å². The highest BCUT2D eigenvalue weighted by Crippen LogP contribution is 2.26. The van der Waals surface area contributed by atoms with Crippen LogP contribution in [0.1, 0.15) is 42.8 Å². The standard InChI is InChI=1S/C27H33N5O3/c1-27(2,3)25(35)29-20-14-10-13-19(15-20)22(33)17-32(6)24(34)21-16-28-26(31(4)5)30-23(21)18-11-8-7-9-12-18/h7-16,22,33H,17H2,1-6H3,(H,29,35). The largest absolute Gasteiger partial charge is 0.387 e. The van der Waals surface area contributed by atoms with Crippen molar-refractivity contribution in [1.82, 2.24) is 14.9 Å². The van der Waals surface area contributed by atoms with E-state index in [9.17, 15) is 14.7 Å². The molecule has 3 rings (SSSR count). The van der Waals surface area contributed by atoms with E-state index < -0.39 is 11.5 Å². The maximum atomic E-state index is 13.4. The molecule has 3 aromatic rings. The van der Waals surface area contributed by atoms with Crippen molar-refractivity contribution in [3.63, 3.8) is 0 Å². The monoisotopic (exact) mass is 475 g/mol. The normalized spacial score (nSPS) is 12.1. The minimum atomic E-state index is -0.947. The number of amides is 2. The maximum absolute atomic E-state index is 13.4. The highest BCUT2D eigenvalue weighted by molar-refractivity contribution is 5.99. The third kappa shape index (κ3) is 6.42. The van der Waals surface area contributed by atoms with E-state index in [2.05, 4.69) is 15.3 Å². The van der Waals surface area contributed by atoms with Gasteiger partial charge in [-0.05, 0) is 17.7 Å². The molecule has 1 unspecified atom stereocenters. The topological polar surface area (TPSA) is 98.7 Å². The van der Waals surface area contributed by atoms with Crippen LogP contribution >= 0.6 is 0 Å². The number of nitrogens with one attached hydrogen (secondary N) is 1. The molecule has 0 fully saturated rings. The molecule has 2 N–H and O–H groups in total. The van der Waals surface area contributed by atoms with Crippen LogP contribution in [-0.2, 0) is 4.79 Å². The zero-order chi connectivity index (χ0) is 25.8. The fourth-order valence-corrected chi connectivity index (χ4v) is 3.36. The van der Waals surface area contributed by atoms with Crippen LogP contribution in [0.2, 0.25) is 0 Å². The molecule has 0 aliphatic heterocycles. The Morgan fingerprint density at radius 2 is 1.71 bits per heavy atom. The minimum Gasteiger partial charge on any atom is -0.387 e. The first-order valence-corrected chi connectivity index (χ1v) is 11.4. The predicted octanol–water partition coefficient (Wildman–Crippen LogP) is 4.00. The molecule has 2 amide bonds. The molecule has 1 heterocycles. The lowest BCUT2D eigenvalue weighted by atomic mass is 9.95. The first-order valence-electron chi connectivity index (χ1n) is 11.4. The Kier molecular flexibility index (Phi) is 7.86. The first kappa shape index (κ1) is 25.8. The van der Waals surface area contributed by atoms with Crippen LogP contribution in [-0.4, -0.2) is 59.5 Å². The van der Waals surface area contributed by atoms with E-state index >= 15 is 0 Å². The van der Waals surface area contributed by atoms with Crippen LogP contribution in [0, 0.1) is 5.41 Å². The van der Waals surface area contributed by atoms with Crippen molar-refractivity contribution in [1.29, 1.82) is 0 Å². The van der Waals surface area contributed by atoms with Crippen LogP contribution in [0.25, 0.3) is 11.3 Å². The molecule has 184 valence electrons. The third-order valence-corrected chi connectivity index (χ3v) is 5.46. The van der Waals surface area contributed by atoms with Crippen LogP contribution in [0.3, 0.4) is 0 Å². The first-order chi connectivity index (χ1) is 16.5. The average molecular weight is 476 g/mol. The van der Waals surface area contributed by atoms with E-state index in [0.717, 1.165) is 5.56 Å². The number of aliphatic hydroxyl groups is 1. The van der Waals surface area contributed by atoms with Crippen LogP contribution < -0.4 is 10.2 Å². The smallest absolute Gasteiger partial charge is 0.257 e. The van der Waals surface area contributed by atoms with E-state index in [1.165, 1.54) is 11.1 Å². The number of hydrogen-bond acceptors (Lipinski definition) is 6. The fraction of sp³-hybridized carbons (Fsp3) is 0.333. The molecule has 0 radical (unpaired) electrons. The minimum absolute atomic E-state index is 0.0547. The SMILES string of the molecule is CN(CC(O)c1cccc(NC(=O)C(C)(C)C)c1)C(=O)c1cnc(N(C)C)nc1-c1ccccc1. The van der Waals surface area contributed by atoms with Gasteiger partial charge in [-0.1, -0.05) is 63.2 Å². The Morgan fingerprint density at radius 1 is 1.03 bits per heavy atom. The average Bonchev–Trinajstić information content (AvgIpc) is 2.83. The summed E-state index contributed by atoms with van der Waals surface area (Å²) in [5.74, 6) is 0.0775. The van der Waals surface area contributed by atoms with Gasteiger partial charge in [0.1, 0.15) is 0 Å². The Hall–Kier alpha value is -3.78. The summed E-state index contributed by atoms with van der Waals surface area (Å²) in [6, 6.07) is 16.5. The van der Waals surface area contributed by atoms with Crippen molar-refractivity contribution in [2.75, 3.05) is 37.9 Å². The molecule has 8 nitrogen and oxygen atoms in total. The second kappa shape index (κ2) is 10.7. The Labute approximate surface area is 206 Å². The summed E-state index contributed by atoms with van der Waals surface area (Å²) in [6.07, 6.45) is 0.580. The highest BCUT2D eigenvalue weighted by atomic mass is 16.3. The third-order valence-electron chi connectivity index (χ3n) is 5.46. The van der Waals surface area contributed by atoms with Crippen molar-refractivity contribution in [2.24, 2.45) is 5.41 Å². The summed E-state index contributed by atoms with van der Waals surface area (Å²) < 4.78 is 0. The fourth-order valence-electron chi connectivity index (χ4n) is 3.36. The molecule has 1 aromatic heterocycles. The van der Waals surface area contributed by atoms with Gasteiger partial charge in [-0.15, -0.1) is 0 Å². The van der Waals surface area contributed by atoms with Gasteiger partial charge in [0.25, 0.3) is 5.91 Å². The zero-order valence-corrected chi connectivity index (χ0v) is 21.1. The van der Waals surface area contributed by atoms with Gasteiger partial charge in [-0.3, -0.25) is 9.59 Å². The molecule has 0 aliphatic rings. The van der Waals surface area contributed by atoms with Gasteiger partial charge in [-0.2, -0.15) is 0 Å². The summed E-state index contributed by atoms with van der Waals surface area (Å²) in [5, 5.41) is 13.7. The second-order valence-corrected chi connectivity index (χ2v) is 9.72. The lowest BCUT2D eigenvalue weighted by Gasteiger charge is -2.23. The molecule has 8 heteroatoms. The molecule has 35 heavy (non-hydrogen) atoms. The van der Waals surface area contributed by atoms with Gasteiger partial charge in [-0.25, -0.2) is 9.97 Å². The maximum Gasteiger partial charge on any atom is 0.257 e. The number of nitrogens with zero attached hydrogens (tertiary/aromatic N) is 4. The number of likely N-dealkylation sites (N-methyl/N-ethyl adjacent to an activating group) is 1.